The van der Waals surface area contributed by atoms with Crippen LogP contribution in [-0.2, 0) is 9.59 Å². The molecule has 3 N–H and O–H groups in total. The van der Waals surface area contributed by atoms with E-state index in [2.05, 4.69) is 5.32 Å². The molecule has 0 bridgehead atoms. The molecule has 3 atom stereocenters. The normalized spacial score (nSPS) is 26.4. The molecule has 5 nitrogen and oxygen atoms in total. The van der Waals surface area contributed by atoms with E-state index in [1.807, 2.05) is 13.8 Å². The fraction of sp³-hybridized carbons (Fsp3) is 0.833. The number of rotatable bonds is 6. The number of carbonyl (C=O) groups excluding carboxylic acids is 1. The zero-order chi connectivity index (χ0) is 13.2. The summed E-state index contributed by atoms with van der Waals surface area (Å²) in [7, 11) is 0. The van der Waals surface area contributed by atoms with Gasteiger partial charge in [-0.3, -0.25) is 9.59 Å². The lowest BCUT2D eigenvalue weighted by Crippen LogP contribution is -2.42. The molecule has 1 unspecified atom stereocenters. The predicted octanol–water partition coefficient (Wildman–Crippen LogP) is 0.620. The highest BCUT2D eigenvalue weighted by atomic mass is 16.4. The van der Waals surface area contributed by atoms with E-state index in [9.17, 15) is 14.7 Å². The SMILES string of the molecule is CC(C)CC(C)(O)CNC(=O)[C@@H]1C[C@@H]1C(=O)O. The molecule has 1 rings (SSSR count). The van der Waals surface area contributed by atoms with Crippen LogP contribution in [0.2, 0.25) is 0 Å². The van der Waals surface area contributed by atoms with Gasteiger partial charge in [-0.2, -0.15) is 0 Å². The standard InChI is InChI=1S/C12H21NO4/c1-7(2)5-12(3,17)6-13-10(14)8-4-9(8)11(15)16/h7-9,17H,4-6H2,1-3H3,(H,13,14)(H,15,16)/t8-,9+,12?/m1/s1. The van der Waals surface area contributed by atoms with Gasteiger partial charge in [-0.1, -0.05) is 13.8 Å². The number of nitrogens with one attached hydrogen (secondary N) is 1. The quantitative estimate of drug-likeness (QED) is 0.638. The fourth-order valence-electron chi connectivity index (χ4n) is 2.12. The smallest absolute Gasteiger partial charge is 0.307 e. The Bertz CT molecular complexity index is 312. The number of carboxylic acids is 1. The van der Waals surface area contributed by atoms with Crippen molar-refractivity contribution in [1.29, 1.82) is 0 Å². The van der Waals surface area contributed by atoms with Gasteiger partial charge in [-0.05, 0) is 25.7 Å². The average Bonchev–Trinajstić information content (AvgIpc) is 2.91. The number of aliphatic carboxylic acids is 1. The Morgan fingerprint density at radius 3 is 2.41 bits per heavy atom. The maximum absolute atomic E-state index is 11.6. The van der Waals surface area contributed by atoms with Crippen LogP contribution in [-0.4, -0.2) is 34.2 Å². The highest BCUT2D eigenvalue weighted by Crippen LogP contribution is 2.38. The summed E-state index contributed by atoms with van der Waals surface area (Å²) < 4.78 is 0. The lowest BCUT2D eigenvalue weighted by molar-refractivity contribution is -0.140. The van der Waals surface area contributed by atoms with Crippen LogP contribution >= 0.6 is 0 Å². The van der Waals surface area contributed by atoms with E-state index in [1.165, 1.54) is 0 Å². The van der Waals surface area contributed by atoms with Crippen molar-refractivity contribution < 1.29 is 19.8 Å². The van der Waals surface area contributed by atoms with Crippen molar-refractivity contribution in [2.24, 2.45) is 17.8 Å². The summed E-state index contributed by atoms with van der Waals surface area (Å²) in [5, 5.41) is 21.3. The molecule has 17 heavy (non-hydrogen) atoms. The zero-order valence-electron chi connectivity index (χ0n) is 10.6. The largest absolute Gasteiger partial charge is 0.481 e. The second kappa shape index (κ2) is 5.04. The third-order valence-corrected chi connectivity index (χ3v) is 2.94. The summed E-state index contributed by atoms with van der Waals surface area (Å²) in [6.07, 6.45) is 1.01. The molecule has 0 aromatic heterocycles. The zero-order valence-corrected chi connectivity index (χ0v) is 10.6. The van der Waals surface area contributed by atoms with Crippen molar-refractivity contribution in [2.75, 3.05) is 6.54 Å². The summed E-state index contributed by atoms with van der Waals surface area (Å²) in [4.78, 5) is 22.2. The van der Waals surface area contributed by atoms with Crippen LogP contribution in [0.15, 0.2) is 0 Å². The maximum Gasteiger partial charge on any atom is 0.307 e. The minimum absolute atomic E-state index is 0.173. The highest BCUT2D eigenvalue weighted by molar-refractivity contribution is 5.89. The number of carbonyl (C=O) groups is 2. The van der Waals surface area contributed by atoms with Gasteiger partial charge in [0.25, 0.3) is 0 Å². The molecule has 0 radical (unpaired) electrons. The highest BCUT2D eigenvalue weighted by Gasteiger charge is 2.48. The predicted molar refractivity (Wildman–Crippen MR) is 62.3 cm³/mol. The molecule has 1 fully saturated rings. The lowest BCUT2D eigenvalue weighted by Gasteiger charge is -2.25. The molecule has 1 saturated carbocycles. The van der Waals surface area contributed by atoms with Crippen molar-refractivity contribution in [1.82, 2.24) is 5.32 Å². The van der Waals surface area contributed by atoms with Gasteiger partial charge < -0.3 is 15.5 Å². The molecule has 5 heteroatoms. The first-order valence-corrected chi connectivity index (χ1v) is 5.96. The fourth-order valence-corrected chi connectivity index (χ4v) is 2.12. The van der Waals surface area contributed by atoms with Gasteiger partial charge in [0.05, 0.1) is 17.4 Å². The Morgan fingerprint density at radius 1 is 1.41 bits per heavy atom. The van der Waals surface area contributed by atoms with Crippen LogP contribution in [0.25, 0.3) is 0 Å². The molecule has 98 valence electrons. The summed E-state index contributed by atoms with van der Waals surface area (Å²) in [6, 6.07) is 0. The van der Waals surface area contributed by atoms with Crippen LogP contribution in [0.5, 0.6) is 0 Å². The molecule has 1 aliphatic rings. The van der Waals surface area contributed by atoms with E-state index in [1.54, 1.807) is 6.92 Å². The second-order valence-corrected chi connectivity index (χ2v) is 5.60. The minimum Gasteiger partial charge on any atom is -0.481 e. The number of amides is 1. The van der Waals surface area contributed by atoms with Crippen LogP contribution in [0.1, 0.15) is 33.6 Å². The molecule has 0 spiro atoms. The van der Waals surface area contributed by atoms with Gasteiger partial charge in [0.1, 0.15) is 0 Å². The number of aliphatic hydroxyl groups is 1. The lowest BCUT2D eigenvalue weighted by atomic mass is 9.94. The van der Waals surface area contributed by atoms with Gasteiger partial charge in [0.2, 0.25) is 5.91 Å². The molecule has 0 aliphatic heterocycles. The Hall–Kier alpha value is -1.10. The molecule has 0 aromatic carbocycles. The Morgan fingerprint density at radius 2 is 2.00 bits per heavy atom. The molecule has 1 amide bonds. The third-order valence-electron chi connectivity index (χ3n) is 2.94. The Balaban J connectivity index is 2.32. The monoisotopic (exact) mass is 243 g/mol. The summed E-state index contributed by atoms with van der Waals surface area (Å²) in [6.45, 7) is 5.84. The van der Waals surface area contributed by atoms with Crippen molar-refractivity contribution in [3.05, 3.63) is 0 Å². The first kappa shape index (κ1) is 14.0. The average molecular weight is 243 g/mol. The topological polar surface area (TPSA) is 86.6 Å². The Kier molecular flexibility index (Phi) is 4.14. The number of hydrogen-bond donors (Lipinski definition) is 3. The molecule has 1 aliphatic carbocycles. The van der Waals surface area contributed by atoms with E-state index in [0.717, 1.165) is 0 Å². The minimum atomic E-state index is -0.933. The maximum atomic E-state index is 11.6. The number of carboxylic acid groups (broad SMARTS) is 1. The van der Waals surface area contributed by atoms with E-state index >= 15 is 0 Å². The van der Waals surface area contributed by atoms with Crippen LogP contribution in [0, 0.1) is 17.8 Å². The van der Waals surface area contributed by atoms with Gasteiger partial charge in [0, 0.05) is 6.54 Å². The van der Waals surface area contributed by atoms with Gasteiger partial charge >= 0.3 is 5.97 Å². The van der Waals surface area contributed by atoms with E-state index in [-0.39, 0.29) is 12.5 Å². The molecular formula is C12H21NO4. The van der Waals surface area contributed by atoms with Gasteiger partial charge in [0.15, 0.2) is 0 Å². The van der Waals surface area contributed by atoms with Crippen molar-refractivity contribution in [3.63, 3.8) is 0 Å². The third kappa shape index (κ3) is 4.34. The van der Waals surface area contributed by atoms with Gasteiger partial charge in [-0.15, -0.1) is 0 Å². The summed E-state index contributed by atoms with van der Waals surface area (Å²) >= 11 is 0. The first-order valence-electron chi connectivity index (χ1n) is 5.96. The summed E-state index contributed by atoms with van der Waals surface area (Å²) in [5.41, 5.74) is -0.933. The first-order chi connectivity index (χ1) is 7.73. The molecule has 0 saturated heterocycles. The van der Waals surface area contributed by atoms with Crippen molar-refractivity contribution in [2.45, 2.75) is 39.2 Å². The Labute approximate surface area is 101 Å². The van der Waals surface area contributed by atoms with Gasteiger partial charge in [-0.25, -0.2) is 0 Å². The van der Waals surface area contributed by atoms with E-state index < -0.39 is 23.4 Å². The molecule has 0 heterocycles. The number of hydrogen-bond acceptors (Lipinski definition) is 3. The van der Waals surface area contributed by atoms with Crippen LogP contribution in [0.4, 0.5) is 0 Å². The van der Waals surface area contributed by atoms with Crippen LogP contribution in [0.3, 0.4) is 0 Å². The molecule has 0 aromatic rings. The van der Waals surface area contributed by atoms with E-state index in [4.69, 9.17) is 5.11 Å². The van der Waals surface area contributed by atoms with Crippen LogP contribution < -0.4 is 5.32 Å². The molecular weight excluding hydrogens is 222 g/mol. The van der Waals surface area contributed by atoms with Crippen molar-refractivity contribution in [3.8, 4) is 0 Å². The summed E-state index contributed by atoms with van der Waals surface area (Å²) in [5.74, 6) is -1.79. The van der Waals surface area contributed by atoms with E-state index in [0.29, 0.717) is 18.8 Å². The second-order valence-electron chi connectivity index (χ2n) is 5.60. The van der Waals surface area contributed by atoms with Crippen molar-refractivity contribution >= 4 is 11.9 Å².